The van der Waals surface area contributed by atoms with Crippen molar-refractivity contribution in [3.05, 3.63) is 29.7 Å². The van der Waals surface area contributed by atoms with Gasteiger partial charge in [-0.05, 0) is 43.9 Å². The maximum absolute atomic E-state index is 6.03. The molecule has 5 heteroatoms. The van der Waals surface area contributed by atoms with Crippen molar-refractivity contribution in [2.24, 2.45) is 5.73 Å². The smallest absolute Gasteiger partial charge is 0.230 e. The molecule has 3 rings (SSSR count). The lowest BCUT2D eigenvalue weighted by molar-refractivity contribution is 0.299. The van der Waals surface area contributed by atoms with Crippen molar-refractivity contribution in [1.82, 2.24) is 10.1 Å². The van der Waals surface area contributed by atoms with Crippen molar-refractivity contribution < 1.29 is 9.26 Å². The van der Waals surface area contributed by atoms with Crippen LogP contribution in [0.5, 0.6) is 5.75 Å². The zero-order chi connectivity index (χ0) is 14.8. The molecule has 0 spiro atoms. The van der Waals surface area contributed by atoms with Crippen LogP contribution in [0.2, 0.25) is 0 Å². The second-order valence-electron chi connectivity index (χ2n) is 5.78. The van der Waals surface area contributed by atoms with Gasteiger partial charge in [-0.2, -0.15) is 4.98 Å². The zero-order valence-electron chi connectivity index (χ0n) is 12.5. The van der Waals surface area contributed by atoms with E-state index in [0.717, 1.165) is 42.6 Å². The number of hydrogen-bond acceptors (Lipinski definition) is 5. The third kappa shape index (κ3) is 2.93. The lowest BCUT2D eigenvalue weighted by Gasteiger charge is -2.23. The van der Waals surface area contributed by atoms with Gasteiger partial charge in [-0.15, -0.1) is 0 Å². The maximum atomic E-state index is 6.03. The van der Waals surface area contributed by atoms with Gasteiger partial charge in [0.05, 0.1) is 12.7 Å². The minimum Gasteiger partial charge on any atom is -0.496 e. The zero-order valence-corrected chi connectivity index (χ0v) is 12.5. The van der Waals surface area contributed by atoms with Crippen LogP contribution in [0.15, 0.2) is 22.7 Å². The van der Waals surface area contributed by atoms with Gasteiger partial charge >= 0.3 is 0 Å². The quantitative estimate of drug-likeness (QED) is 0.939. The summed E-state index contributed by atoms with van der Waals surface area (Å²) in [4.78, 5) is 4.56. The van der Waals surface area contributed by atoms with Gasteiger partial charge in [0.1, 0.15) is 5.75 Å². The molecule has 2 atom stereocenters. The average molecular weight is 287 g/mol. The monoisotopic (exact) mass is 287 g/mol. The van der Waals surface area contributed by atoms with Gasteiger partial charge in [0.2, 0.25) is 11.7 Å². The number of nitrogens with two attached hydrogens (primary N) is 1. The van der Waals surface area contributed by atoms with Crippen molar-refractivity contribution in [2.45, 2.75) is 44.6 Å². The maximum Gasteiger partial charge on any atom is 0.230 e. The normalized spacial score (nSPS) is 22.2. The van der Waals surface area contributed by atoms with E-state index in [1.165, 1.54) is 0 Å². The van der Waals surface area contributed by atoms with Crippen LogP contribution >= 0.6 is 0 Å². The third-order valence-corrected chi connectivity index (χ3v) is 4.10. The lowest BCUT2D eigenvalue weighted by atomic mass is 9.86. The summed E-state index contributed by atoms with van der Waals surface area (Å²) in [5.41, 5.74) is 8.03. The van der Waals surface area contributed by atoms with Crippen molar-refractivity contribution in [3.8, 4) is 17.1 Å². The number of rotatable bonds is 3. The van der Waals surface area contributed by atoms with Crippen LogP contribution in [-0.2, 0) is 0 Å². The molecule has 2 aromatic rings. The van der Waals surface area contributed by atoms with E-state index in [9.17, 15) is 0 Å². The topological polar surface area (TPSA) is 74.2 Å². The van der Waals surface area contributed by atoms with Crippen molar-refractivity contribution in [1.29, 1.82) is 0 Å². The Morgan fingerprint density at radius 2 is 2.19 bits per heavy atom. The van der Waals surface area contributed by atoms with E-state index in [2.05, 4.69) is 10.1 Å². The summed E-state index contributed by atoms with van der Waals surface area (Å²) in [6.07, 6.45) is 4.20. The highest BCUT2D eigenvalue weighted by Gasteiger charge is 2.26. The molecule has 1 aromatic heterocycles. The molecule has 0 bridgehead atoms. The Morgan fingerprint density at radius 3 is 2.95 bits per heavy atom. The molecule has 5 nitrogen and oxygen atoms in total. The van der Waals surface area contributed by atoms with Crippen LogP contribution in [0.3, 0.4) is 0 Å². The Labute approximate surface area is 124 Å². The molecular formula is C16H21N3O2. The average Bonchev–Trinajstić information content (AvgIpc) is 2.96. The van der Waals surface area contributed by atoms with Gasteiger partial charge in [0, 0.05) is 12.0 Å². The highest BCUT2D eigenvalue weighted by atomic mass is 16.5. The fourth-order valence-electron chi connectivity index (χ4n) is 2.95. The molecule has 0 radical (unpaired) electrons. The van der Waals surface area contributed by atoms with Gasteiger partial charge in [-0.3, -0.25) is 0 Å². The molecule has 112 valence electrons. The molecule has 1 aromatic carbocycles. The predicted molar refractivity (Wildman–Crippen MR) is 80.2 cm³/mol. The third-order valence-electron chi connectivity index (χ3n) is 4.10. The Morgan fingerprint density at radius 1 is 1.33 bits per heavy atom. The first-order valence-corrected chi connectivity index (χ1v) is 7.41. The van der Waals surface area contributed by atoms with E-state index in [0.29, 0.717) is 11.7 Å². The van der Waals surface area contributed by atoms with E-state index >= 15 is 0 Å². The Bertz CT molecular complexity index is 624. The number of aryl methyl sites for hydroxylation is 1. The molecule has 2 N–H and O–H groups in total. The highest BCUT2D eigenvalue weighted by Crippen LogP contribution is 2.34. The van der Waals surface area contributed by atoms with Gasteiger partial charge in [-0.1, -0.05) is 17.6 Å². The standard InChI is InChI=1S/C16H21N3O2/c1-10-6-7-13(14(8-10)20-2)15-18-16(21-19-15)11-4-3-5-12(17)9-11/h6-8,11-12H,3-5,9,17H2,1-2H3. The Balaban J connectivity index is 1.88. The number of methoxy groups -OCH3 is 1. The summed E-state index contributed by atoms with van der Waals surface area (Å²) in [7, 11) is 1.65. The molecular weight excluding hydrogens is 266 g/mol. The summed E-state index contributed by atoms with van der Waals surface area (Å²) >= 11 is 0. The van der Waals surface area contributed by atoms with Gasteiger partial charge in [0.15, 0.2) is 0 Å². The van der Waals surface area contributed by atoms with Crippen LogP contribution in [0.25, 0.3) is 11.4 Å². The summed E-state index contributed by atoms with van der Waals surface area (Å²) < 4.78 is 10.9. The van der Waals surface area contributed by atoms with Crippen LogP contribution < -0.4 is 10.5 Å². The van der Waals surface area contributed by atoms with Crippen molar-refractivity contribution >= 4 is 0 Å². The highest BCUT2D eigenvalue weighted by molar-refractivity contribution is 5.64. The molecule has 0 aliphatic heterocycles. The van der Waals surface area contributed by atoms with Crippen LogP contribution in [0.4, 0.5) is 0 Å². The van der Waals surface area contributed by atoms with E-state index in [4.69, 9.17) is 15.0 Å². The fourth-order valence-corrected chi connectivity index (χ4v) is 2.95. The first kappa shape index (κ1) is 14.1. The summed E-state index contributed by atoms with van der Waals surface area (Å²) in [5, 5.41) is 4.12. The van der Waals surface area contributed by atoms with E-state index in [1.807, 2.05) is 25.1 Å². The molecule has 21 heavy (non-hydrogen) atoms. The predicted octanol–water partition coefficient (Wildman–Crippen LogP) is 3.04. The SMILES string of the molecule is COc1cc(C)ccc1-c1noc(C2CCCC(N)C2)n1. The van der Waals surface area contributed by atoms with E-state index in [-0.39, 0.29) is 12.0 Å². The summed E-state index contributed by atoms with van der Waals surface area (Å²) in [5.74, 6) is 2.33. The van der Waals surface area contributed by atoms with Crippen LogP contribution in [0.1, 0.15) is 43.1 Å². The van der Waals surface area contributed by atoms with Crippen LogP contribution in [-0.4, -0.2) is 23.3 Å². The number of ether oxygens (including phenoxy) is 1. The molecule has 0 amide bonds. The molecule has 0 saturated heterocycles. The Hall–Kier alpha value is -1.88. The van der Waals surface area contributed by atoms with E-state index < -0.39 is 0 Å². The number of nitrogens with zero attached hydrogens (tertiary/aromatic N) is 2. The number of aromatic nitrogens is 2. The molecule has 1 aliphatic rings. The van der Waals surface area contributed by atoms with E-state index in [1.54, 1.807) is 7.11 Å². The lowest BCUT2D eigenvalue weighted by Crippen LogP contribution is -2.26. The molecule has 1 saturated carbocycles. The fraction of sp³-hybridized carbons (Fsp3) is 0.500. The second kappa shape index (κ2) is 5.85. The number of hydrogen-bond donors (Lipinski definition) is 1. The summed E-state index contributed by atoms with van der Waals surface area (Å²) in [6, 6.07) is 6.20. The first-order chi connectivity index (χ1) is 10.2. The minimum absolute atomic E-state index is 0.244. The first-order valence-electron chi connectivity index (χ1n) is 7.41. The Kier molecular flexibility index (Phi) is 3.92. The van der Waals surface area contributed by atoms with Crippen molar-refractivity contribution in [3.63, 3.8) is 0 Å². The van der Waals surface area contributed by atoms with Crippen LogP contribution in [0, 0.1) is 6.92 Å². The van der Waals surface area contributed by atoms with Gasteiger partial charge in [-0.25, -0.2) is 0 Å². The molecule has 2 unspecified atom stereocenters. The van der Waals surface area contributed by atoms with Gasteiger partial charge < -0.3 is 15.0 Å². The minimum atomic E-state index is 0.244. The summed E-state index contributed by atoms with van der Waals surface area (Å²) in [6.45, 7) is 2.03. The second-order valence-corrected chi connectivity index (χ2v) is 5.78. The van der Waals surface area contributed by atoms with Gasteiger partial charge in [0.25, 0.3) is 0 Å². The molecule has 1 fully saturated rings. The largest absolute Gasteiger partial charge is 0.496 e. The molecule has 1 heterocycles. The van der Waals surface area contributed by atoms with Crippen molar-refractivity contribution in [2.75, 3.05) is 7.11 Å². The molecule has 1 aliphatic carbocycles. The number of benzene rings is 1.